The predicted molar refractivity (Wildman–Crippen MR) is 96.1 cm³/mol. The maximum atomic E-state index is 12.8. The second-order valence-corrected chi connectivity index (χ2v) is 7.44. The molecule has 1 aromatic carbocycles. The van der Waals surface area contributed by atoms with Crippen LogP contribution in [-0.4, -0.2) is 46.7 Å². The molecule has 7 heteroatoms. The molecule has 1 amide bonds. The number of fused-ring (bicyclic) bond motifs is 1. The minimum Gasteiger partial charge on any atom is -0.444 e. The van der Waals surface area contributed by atoms with Crippen LogP contribution in [0.4, 0.5) is 14.4 Å². The molecule has 0 aliphatic carbocycles. The van der Waals surface area contributed by atoms with Crippen LogP contribution in [0.2, 0.25) is 0 Å². The van der Waals surface area contributed by atoms with Crippen molar-refractivity contribution in [2.45, 2.75) is 26.4 Å². The summed E-state index contributed by atoms with van der Waals surface area (Å²) < 4.78 is 19.7. The van der Waals surface area contributed by atoms with E-state index in [4.69, 9.17) is 4.74 Å². The minimum atomic E-state index is -0.471. The Labute approximate surface area is 145 Å². The van der Waals surface area contributed by atoms with Gasteiger partial charge in [0, 0.05) is 43.4 Å². The Balaban J connectivity index is 1.65. The number of anilines is 1. The maximum Gasteiger partial charge on any atom is 0.410 e. The van der Waals surface area contributed by atoms with Crippen LogP contribution in [0.3, 0.4) is 0 Å². The van der Waals surface area contributed by atoms with Crippen LogP contribution in [0, 0.1) is 0 Å². The molecule has 1 saturated heterocycles. The fraction of sp³-hybridized carbons (Fsp3) is 0.471. The van der Waals surface area contributed by atoms with Gasteiger partial charge in [-0.05, 0) is 45.0 Å². The molecule has 0 bridgehead atoms. The summed E-state index contributed by atoms with van der Waals surface area (Å²) in [5.41, 5.74) is 1.48. The molecule has 3 rings (SSSR count). The summed E-state index contributed by atoms with van der Waals surface area (Å²) in [5.74, 6) is 0. The number of rotatable bonds is 2. The molecule has 0 atom stereocenters. The second kappa shape index (κ2) is 6.55. The Bertz CT molecular complexity index is 733. The highest BCUT2D eigenvalue weighted by molar-refractivity contribution is 7.92. The van der Waals surface area contributed by atoms with E-state index < -0.39 is 5.60 Å². The van der Waals surface area contributed by atoms with Gasteiger partial charge >= 0.3 is 6.09 Å². The number of carbonyl (C=O) groups is 1. The van der Waals surface area contributed by atoms with Crippen molar-refractivity contribution in [3.63, 3.8) is 0 Å². The molecule has 5 nitrogen and oxygen atoms in total. The van der Waals surface area contributed by atoms with Crippen LogP contribution in [0.5, 0.6) is 0 Å². The third-order valence-corrected chi connectivity index (χ3v) is 4.48. The largest absolute Gasteiger partial charge is 0.444 e. The molecule has 1 aliphatic heterocycles. The topological polar surface area (TPSA) is 37.7 Å². The fourth-order valence-electron chi connectivity index (χ4n) is 2.83. The summed E-state index contributed by atoms with van der Waals surface area (Å²) in [5, 5.41) is 1.01. The average Bonchev–Trinajstić information content (AvgIpc) is 2.95. The van der Waals surface area contributed by atoms with Crippen molar-refractivity contribution < 1.29 is 13.4 Å². The lowest BCUT2D eigenvalue weighted by Gasteiger charge is -2.36. The van der Waals surface area contributed by atoms with Crippen molar-refractivity contribution in [3.05, 3.63) is 30.5 Å². The molecule has 1 aliphatic rings. The van der Waals surface area contributed by atoms with E-state index in [0.717, 1.165) is 29.7 Å². The van der Waals surface area contributed by atoms with E-state index in [1.54, 1.807) is 11.1 Å². The molecule has 130 valence electrons. The first-order valence-corrected chi connectivity index (χ1v) is 8.68. The first kappa shape index (κ1) is 17.0. The zero-order valence-corrected chi connectivity index (χ0v) is 15.0. The fourth-order valence-corrected chi connectivity index (χ4v) is 3.18. The third kappa shape index (κ3) is 3.61. The summed E-state index contributed by atoms with van der Waals surface area (Å²) in [6, 6.07) is 7.89. The van der Waals surface area contributed by atoms with Crippen LogP contribution < -0.4 is 4.90 Å². The van der Waals surface area contributed by atoms with Gasteiger partial charge < -0.3 is 14.5 Å². The number of aromatic nitrogens is 1. The molecule has 2 aromatic rings. The number of hydrogen-bond acceptors (Lipinski definition) is 4. The van der Waals surface area contributed by atoms with Gasteiger partial charge in [-0.15, -0.1) is 3.89 Å². The van der Waals surface area contributed by atoms with E-state index in [9.17, 15) is 8.68 Å². The van der Waals surface area contributed by atoms with Gasteiger partial charge in [-0.1, -0.05) is 0 Å². The number of piperazine rings is 1. The van der Waals surface area contributed by atoms with Crippen LogP contribution in [-0.2, 0) is 4.74 Å². The van der Waals surface area contributed by atoms with Crippen molar-refractivity contribution >= 4 is 35.0 Å². The van der Waals surface area contributed by atoms with Gasteiger partial charge in [0.1, 0.15) is 5.60 Å². The zero-order chi connectivity index (χ0) is 17.3. The van der Waals surface area contributed by atoms with E-state index in [1.165, 1.54) is 3.97 Å². The highest BCUT2D eigenvalue weighted by Gasteiger charge is 2.26. The molecular weight excluding hydrogens is 329 g/mol. The van der Waals surface area contributed by atoms with Crippen LogP contribution in [0.1, 0.15) is 20.8 Å². The molecule has 1 aromatic heterocycles. The van der Waals surface area contributed by atoms with Crippen LogP contribution in [0.15, 0.2) is 30.5 Å². The SMILES string of the molecule is CC(C)(C)OC(=O)N1CCN(c2ccc3c(ccn3SF)c2)CC1. The summed E-state index contributed by atoms with van der Waals surface area (Å²) in [4.78, 5) is 16.1. The van der Waals surface area contributed by atoms with Gasteiger partial charge in [0.05, 0.1) is 5.52 Å². The molecule has 0 N–H and O–H groups in total. The van der Waals surface area contributed by atoms with Gasteiger partial charge in [-0.3, -0.25) is 3.97 Å². The monoisotopic (exact) mass is 351 g/mol. The molecule has 0 saturated carbocycles. The minimum absolute atomic E-state index is 0.199. The average molecular weight is 351 g/mol. The van der Waals surface area contributed by atoms with E-state index >= 15 is 0 Å². The van der Waals surface area contributed by atoms with Gasteiger partial charge in [-0.25, -0.2) is 4.79 Å². The Kier molecular flexibility index (Phi) is 4.62. The molecule has 2 heterocycles. The van der Waals surface area contributed by atoms with Crippen molar-refractivity contribution in [1.29, 1.82) is 0 Å². The smallest absolute Gasteiger partial charge is 0.410 e. The highest BCUT2D eigenvalue weighted by atomic mass is 32.2. The quantitative estimate of drug-likeness (QED) is 0.817. The van der Waals surface area contributed by atoms with Gasteiger partial charge in [-0.2, -0.15) is 0 Å². The lowest BCUT2D eigenvalue weighted by atomic mass is 10.2. The van der Waals surface area contributed by atoms with E-state index in [-0.39, 0.29) is 18.4 Å². The lowest BCUT2D eigenvalue weighted by molar-refractivity contribution is 0.0240. The number of carbonyl (C=O) groups excluding carboxylic acids is 1. The highest BCUT2D eigenvalue weighted by Crippen LogP contribution is 2.27. The first-order chi connectivity index (χ1) is 11.4. The van der Waals surface area contributed by atoms with Gasteiger partial charge in [0.15, 0.2) is 12.3 Å². The maximum absolute atomic E-state index is 12.8. The van der Waals surface area contributed by atoms with Crippen LogP contribution >= 0.6 is 12.3 Å². The Morgan fingerprint density at radius 2 is 1.88 bits per heavy atom. The molecular formula is C17H22FN3O2S. The second-order valence-electron chi connectivity index (χ2n) is 6.91. The molecule has 24 heavy (non-hydrogen) atoms. The zero-order valence-electron chi connectivity index (χ0n) is 14.2. The van der Waals surface area contributed by atoms with Crippen LogP contribution in [0.25, 0.3) is 10.9 Å². The number of halogens is 1. The van der Waals surface area contributed by atoms with Crippen molar-refractivity contribution in [2.24, 2.45) is 0 Å². The predicted octanol–water partition coefficient (Wildman–Crippen LogP) is 4.08. The molecule has 0 unspecified atom stereocenters. The van der Waals surface area contributed by atoms with Crippen molar-refractivity contribution in [2.75, 3.05) is 31.1 Å². The number of ether oxygens (including phenoxy) is 1. The normalized spacial score (nSPS) is 15.8. The Morgan fingerprint density at radius 3 is 2.50 bits per heavy atom. The van der Waals surface area contributed by atoms with Gasteiger partial charge in [0.25, 0.3) is 0 Å². The van der Waals surface area contributed by atoms with E-state index in [2.05, 4.69) is 11.0 Å². The van der Waals surface area contributed by atoms with E-state index in [0.29, 0.717) is 13.1 Å². The first-order valence-electron chi connectivity index (χ1n) is 8.00. The van der Waals surface area contributed by atoms with Crippen molar-refractivity contribution in [3.8, 4) is 0 Å². The Hall–Kier alpha value is -1.89. The Morgan fingerprint density at radius 1 is 1.17 bits per heavy atom. The molecule has 1 fully saturated rings. The molecule has 0 radical (unpaired) electrons. The third-order valence-electron chi connectivity index (χ3n) is 4.01. The number of nitrogens with zero attached hydrogens (tertiary/aromatic N) is 3. The lowest BCUT2D eigenvalue weighted by Crippen LogP contribution is -2.50. The van der Waals surface area contributed by atoms with Gasteiger partial charge in [0.2, 0.25) is 0 Å². The summed E-state index contributed by atoms with van der Waals surface area (Å²) in [6.07, 6.45) is 1.47. The summed E-state index contributed by atoms with van der Waals surface area (Å²) in [6.45, 7) is 8.39. The number of amides is 1. The van der Waals surface area contributed by atoms with E-state index in [1.807, 2.05) is 39.0 Å². The van der Waals surface area contributed by atoms with Crippen molar-refractivity contribution in [1.82, 2.24) is 8.87 Å². The summed E-state index contributed by atoms with van der Waals surface area (Å²) in [7, 11) is 0. The number of hydrogen-bond donors (Lipinski definition) is 0. The summed E-state index contributed by atoms with van der Waals surface area (Å²) >= 11 is 0.199. The standard InChI is InChI=1S/C17H22FN3O2S/c1-17(2,3)23-16(22)20-10-8-19(9-11-20)14-4-5-15-13(12-14)6-7-21(15)24-18/h4-7,12H,8-11H2,1-3H3. The number of benzene rings is 1. The molecule has 0 spiro atoms.